The molecule has 0 bridgehead atoms. The zero-order valence-corrected chi connectivity index (χ0v) is 10.9. The number of rotatable bonds is 5. The van der Waals surface area contributed by atoms with Crippen molar-refractivity contribution in [2.24, 2.45) is 5.92 Å². The molecule has 0 aliphatic heterocycles. The van der Waals surface area contributed by atoms with E-state index in [2.05, 4.69) is 15.9 Å². The maximum atomic E-state index is 13.3. The highest BCUT2D eigenvalue weighted by Gasteiger charge is 2.12. The number of benzene rings is 1. The highest BCUT2D eigenvalue weighted by molar-refractivity contribution is 9.10. The SMILES string of the molecule is CCC(C)C(=O)COc1ccc(Br)cc1F. The Kier molecular flexibility index (Phi) is 4.93. The van der Waals surface area contributed by atoms with E-state index in [9.17, 15) is 9.18 Å². The third-order valence-electron chi connectivity index (χ3n) is 2.43. The number of hydrogen-bond acceptors (Lipinski definition) is 2. The van der Waals surface area contributed by atoms with Gasteiger partial charge in [0.15, 0.2) is 17.3 Å². The molecule has 0 saturated heterocycles. The van der Waals surface area contributed by atoms with Crippen molar-refractivity contribution in [1.82, 2.24) is 0 Å². The molecule has 0 fully saturated rings. The Labute approximate surface area is 103 Å². The first-order valence-corrected chi connectivity index (χ1v) is 5.94. The summed E-state index contributed by atoms with van der Waals surface area (Å²) in [6, 6.07) is 4.48. The van der Waals surface area contributed by atoms with E-state index >= 15 is 0 Å². The van der Waals surface area contributed by atoms with Gasteiger partial charge >= 0.3 is 0 Å². The quantitative estimate of drug-likeness (QED) is 0.828. The molecule has 88 valence electrons. The van der Waals surface area contributed by atoms with Crippen molar-refractivity contribution >= 4 is 21.7 Å². The number of carbonyl (C=O) groups excluding carboxylic acids is 1. The van der Waals surface area contributed by atoms with E-state index in [1.807, 2.05) is 13.8 Å². The first kappa shape index (κ1) is 13.2. The average molecular weight is 289 g/mol. The van der Waals surface area contributed by atoms with E-state index < -0.39 is 5.82 Å². The number of ether oxygens (including phenoxy) is 1. The maximum absolute atomic E-state index is 13.3. The van der Waals surface area contributed by atoms with Crippen molar-refractivity contribution in [3.63, 3.8) is 0 Å². The second-order valence-electron chi connectivity index (χ2n) is 3.64. The molecule has 0 aromatic heterocycles. The van der Waals surface area contributed by atoms with E-state index in [0.29, 0.717) is 4.47 Å². The molecular weight excluding hydrogens is 275 g/mol. The number of Topliss-reactive ketones (excluding diaryl/α,β-unsaturated/α-hetero) is 1. The van der Waals surface area contributed by atoms with Gasteiger partial charge in [-0.25, -0.2) is 4.39 Å². The fourth-order valence-corrected chi connectivity index (χ4v) is 1.44. The summed E-state index contributed by atoms with van der Waals surface area (Å²) in [5, 5.41) is 0. The van der Waals surface area contributed by atoms with E-state index in [4.69, 9.17) is 4.74 Å². The minimum absolute atomic E-state index is 0.00943. The molecule has 1 atom stereocenters. The Morgan fingerprint density at radius 2 is 2.25 bits per heavy atom. The van der Waals surface area contributed by atoms with Gasteiger partial charge in [-0.3, -0.25) is 4.79 Å². The van der Waals surface area contributed by atoms with Crippen LogP contribution in [0.25, 0.3) is 0 Å². The lowest BCUT2D eigenvalue weighted by atomic mass is 10.1. The Morgan fingerprint density at radius 3 is 2.81 bits per heavy atom. The van der Waals surface area contributed by atoms with Crippen LogP contribution < -0.4 is 4.74 Å². The van der Waals surface area contributed by atoms with Crippen LogP contribution in [0.5, 0.6) is 5.75 Å². The van der Waals surface area contributed by atoms with Gasteiger partial charge in [-0.2, -0.15) is 0 Å². The smallest absolute Gasteiger partial charge is 0.172 e. The zero-order chi connectivity index (χ0) is 12.1. The van der Waals surface area contributed by atoms with Gasteiger partial charge in [-0.05, 0) is 24.6 Å². The van der Waals surface area contributed by atoms with Crippen molar-refractivity contribution in [1.29, 1.82) is 0 Å². The molecule has 16 heavy (non-hydrogen) atoms. The summed E-state index contributed by atoms with van der Waals surface area (Å²) in [5.41, 5.74) is 0. The lowest BCUT2D eigenvalue weighted by Crippen LogP contribution is -2.18. The molecule has 0 saturated carbocycles. The Bertz CT molecular complexity index is 379. The van der Waals surface area contributed by atoms with E-state index in [-0.39, 0.29) is 24.1 Å². The first-order chi connectivity index (χ1) is 7.54. The van der Waals surface area contributed by atoms with Crippen molar-refractivity contribution in [3.05, 3.63) is 28.5 Å². The number of hydrogen-bond donors (Lipinski definition) is 0. The summed E-state index contributed by atoms with van der Waals surface area (Å²) in [5.74, 6) is -0.408. The molecule has 1 unspecified atom stereocenters. The fraction of sp³-hybridized carbons (Fsp3) is 0.417. The van der Waals surface area contributed by atoms with Gasteiger partial charge in [-0.1, -0.05) is 29.8 Å². The van der Waals surface area contributed by atoms with E-state index in [1.165, 1.54) is 12.1 Å². The van der Waals surface area contributed by atoms with Crippen molar-refractivity contribution in [3.8, 4) is 5.75 Å². The number of halogens is 2. The van der Waals surface area contributed by atoms with Gasteiger partial charge in [0, 0.05) is 10.4 Å². The molecule has 2 nitrogen and oxygen atoms in total. The molecular formula is C12H14BrFO2. The van der Waals surface area contributed by atoms with Crippen LogP contribution in [-0.4, -0.2) is 12.4 Å². The minimum Gasteiger partial charge on any atom is -0.483 e. The van der Waals surface area contributed by atoms with Crippen LogP contribution in [0.4, 0.5) is 4.39 Å². The van der Waals surface area contributed by atoms with Gasteiger partial charge in [0.2, 0.25) is 0 Å². The second-order valence-corrected chi connectivity index (χ2v) is 4.55. The molecule has 0 aliphatic carbocycles. The Morgan fingerprint density at radius 1 is 1.56 bits per heavy atom. The molecule has 4 heteroatoms. The number of ketones is 1. The first-order valence-electron chi connectivity index (χ1n) is 5.15. The van der Waals surface area contributed by atoms with E-state index in [0.717, 1.165) is 6.42 Å². The lowest BCUT2D eigenvalue weighted by Gasteiger charge is -2.09. The molecule has 0 spiro atoms. The van der Waals surface area contributed by atoms with Crippen molar-refractivity contribution in [2.45, 2.75) is 20.3 Å². The second kappa shape index (κ2) is 5.99. The minimum atomic E-state index is -0.466. The van der Waals surface area contributed by atoms with Gasteiger partial charge in [-0.15, -0.1) is 0 Å². The van der Waals surface area contributed by atoms with Crippen LogP contribution in [0, 0.1) is 11.7 Å². The molecule has 0 N–H and O–H groups in total. The van der Waals surface area contributed by atoms with Crippen LogP contribution in [0.2, 0.25) is 0 Å². The summed E-state index contributed by atoms with van der Waals surface area (Å²) < 4.78 is 19.1. The van der Waals surface area contributed by atoms with Crippen LogP contribution >= 0.6 is 15.9 Å². The summed E-state index contributed by atoms with van der Waals surface area (Å²) >= 11 is 3.15. The van der Waals surface area contributed by atoms with Crippen LogP contribution in [0.3, 0.4) is 0 Å². The average Bonchev–Trinajstić information content (AvgIpc) is 2.26. The largest absolute Gasteiger partial charge is 0.483 e. The highest BCUT2D eigenvalue weighted by Crippen LogP contribution is 2.21. The van der Waals surface area contributed by atoms with Gasteiger partial charge in [0.25, 0.3) is 0 Å². The number of carbonyl (C=O) groups is 1. The van der Waals surface area contributed by atoms with Crippen molar-refractivity contribution < 1.29 is 13.9 Å². The molecule has 1 aromatic rings. The monoisotopic (exact) mass is 288 g/mol. The van der Waals surface area contributed by atoms with Gasteiger partial charge in [0.1, 0.15) is 6.61 Å². The summed E-state index contributed by atoms with van der Waals surface area (Å²) in [7, 11) is 0. The lowest BCUT2D eigenvalue weighted by molar-refractivity contribution is -0.124. The third-order valence-corrected chi connectivity index (χ3v) is 2.92. The van der Waals surface area contributed by atoms with Crippen LogP contribution in [0.15, 0.2) is 22.7 Å². The third kappa shape index (κ3) is 3.59. The maximum Gasteiger partial charge on any atom is 0.172 e. The summed E-state index contributed by atoms with van der Waals surface area (Å²) in [4.78, 5) is 11.5. The Balaban J connectivity index is 2.58. The van der Waals surface area contributed by atoms with Crippen LogP contribution in [0.1, 0.15) is 20.3 Å². The topological polar surface area (TPSA) is 26.3 Å². The predicted molar refractivity (Wildman–Crippen MR) is 64.1 cm³/mol. The highest BCUT2D eigenvalue weighted by atomic mass is 79.9. The molecule has 1 aromatic carbocycles. The van der Waals surface area contributed by atoms with Gasteiger partial charge < -0.3 is 4.74 Å². The van der Waals surface area contributed by atoms with Crippen molar-refractivity contribution in [2.75, 3.05) is 6.61 Å². The van der Waals surface area contributed by atoms with E-state index in [1.54, 1.807) is 6.07 Å². The molecule has 1 rings (SSSR count). The fourth-order valence-electron chi connectivity index (χ4n) is 1.11. The molecule has 0 radical (unpaired) electrons. The molecule has 0 heterocycles. The normalized spacial score (nSPS) is 12.2. The summed E-state index contributed by atoms with van der Waals surface area (Å²) in [6.45, 7) is 3.69. The predicted octanol–water partition coefficient (Wildman–Crippen LogP) is 3.58. The standard InChI is InChI=1S/C12H14BrFO2/c1-3-8(2)11(15)7-16-12-5-4-9(13)6-10(12)14/h4-6,8H,3,7H2,1-2H3. The Hall–Kier alpha value is -0.900. The zero-order valence-electron chi connectivity index (χ0n) is 9.30. The molecule has 0 aliphatic rings. The molecule has 0 amide bonds. The van der Waals surface area contributed by atoms with Gasteiger partial charge in [0.05, 0.1) is 0 Å². The summed E-state index contributed by atoms with van der Waals surface area (Å²) in [6.07, 6.45) is 0.769. The van der Waals surface area contributed by atoms with Crippen LogP contribution in [-0.2, 0) is 4.79 Å².